The van der Waals surface area contributed by atoms with Gasteiger partial charge in [-0.25, -0.2) is 0 Å². The zero-order chi connectivity index (χ0) is 41.9. The zero-order valence-electron chi connectivity index (χ0n) is 35.5. The Morgan fingerprint density at radius 3 is 0.855 bits per heavy atom. The van der Waals surface area contributed by atoms with E-state index < -0.39 is 0 Å². The number of rotatable bonds is 8. The van der Waals surface area contributed by atoms with Gasteiger partial charge in [0.25, 0.3) is 0 Å². The summed E-state index contributed by atoms with van der Waals surface area (Å²) in [7, 11) is 0. The molecule has 0 aromatic heterocycles. The highest BCUT2D eigenvalue weighted by atomic mass is 15.1. The standard InChI is InChI=1S/C60H46N2/c1-39-15-27-46(28-16-39)61(47-29-17-40(2)18-30-47)50-35-23-44(24-36-50)57-52-11-5-6-12-53(52)58(60-55-14-8-10-43-9-7-13-54(56(43)55)59(57)60)45-25-37-51(38-26-45)62(48-31-19-41(3)20-32-48)49-33-21-42(4)22-34-49/h5-38H,1-4H3. The molecule has 0 bridgehead atoms. The largest absolute Gasteiger partial charge is 0.311 e. The van der Waals surface area contributed by atoms with Gasteiger partial charge in [-0.15, -0.1) is 0 Å². The second-order valence-corrected chi connectivity index (χ2v) is 16.9. The molecule has 0 saturated heterocycles. The van der Waals surface area contributed by atoms with E-state index in [9.17, 15) is 0 Å². The van der Waals surface area contributed by atoms with Crippen molar-refractivity contribution in [2.45, 2.75) is 27.7 Å². The van der Waals surface area contributed by atoms with Crippen molar-refractivity contribution in [1.82, 2.24) is 0 Å². The number of fused-ring (bicyclic) bond motifs is 4. The van der Waals surface area contributed by atoms with E-state index in [-0.39, 0.29) is 0 Å². The summed E-state index contributed by atoms with van der Waals surface area (Å²) in [6.07, 6.45) is 0. The predicted molar refractivity (Wildman–Crippen MR) is 265 cm³/mol. The fourth-order valence-corrected chi connectivity index (χ4v) is 9.56. The fraction of sp³-hybridized carbons (Fsp3) is 0.0667. The first-order valence-corrected chi connectivity index (χ1v) is 21.6. The van der Waals surface area contributed by atoms with Crippen LogP contribution in [0.5, 0.6) is 0 Å². The minimum absolute atomic E-state index is 1.12. The molecule has 0 N–H and O–H groups in total. The second kappa shape index (κ2) is 15.1. The summed E-state index contributed by atoms with van der Waals surface area (Å²) in [6, 6.07) is 76.4. The van der Waals surface area contributed by atoms with Gasteiger partial charge in [0.05, 0.1) is 0 Å². The molecule has 1 aliphatic rings. The van der Waals surface area contributed by atoms with Gasteiger partial charge in [-0.1, -0.05) is 156 Å². The molecule has 0 unspecified atom stereocenters. The molecule has 0 heterocycles. The van der Waals surface area contributed by atoms with E-state index in [0.29, 0.717) is 0 Å². The molecule has 0 radical (unpaired) electrons. The van der Waals surface area contributed by atoms with Gasteiger partial charge in [0.15, 0.2) is 0 Å². The SMILES string of the molecule is Cc1ccc(N(c2ccc(C)cc2)c2ccc(-c3c4c(c(-c5ccc(N(c6ccc(C)cc6)c6ccc(C)cc6)cc5)c5ccccc35)-c3cccc5cccc-4c35)cc2)cc1. The topological polar surface area (TPSA) is 6.48 Å². The Kier molecular flexibility index (Phi) is 9.09. The maximum atomic E-state index is 2.35. The fourth-order valence-electron chi connectivity index (χ4n) is 9.56. The number of nitrogens with zero attached hydrogens (tertiary/aromatic N) is 2. The summed E-state index contributed by atoms with van der Waals surface area (Å²) in [5.74, 6) is 0. The minimum atomic E-state index is 1.12. The lowest BCUT2D eigenvalue weighted by Crippen LogP contribution is -2.10. The van der Waals surface area contributed by atoms with Crippen LogP contribution in [0.2, 0.25) is 0 Å². The Hall–Kier alpha value is -7.68. The van der Waals surface area contributed by atoms with Gasteiger partial charge in [-0.05, 0) is 167 Å². The molecular formula is C60H46N2. The molecule has 0 spiro atoms. The smallest absolute Gasteiger partial charge is 0.0462 e. The van der Waals surface area contributed by atoms with Gasteiger partial charge in [0.2, 0.25) is 0 Å². The first kappa shape index (κ1) is 37.3. The maximum Gasteiger partial charge on any atom is 0.0462 e. The van der Waals surface area contributed by atoms with Crippen LogP contribution in [0.3, 0.4) is 0 Å². The van der Waals surface area contributed by atoms with E-state index >= 15 is 0 Å². The summed E-state index contributed by atoms with van der Waals surface area (Å²) in [4.78, 5) is 4.71. The molecule has 296 valence electrons. The third-order valence-corrected chi connectivity index (χ3v) is 12.7. The number of aryl methyl sites for hydroxylation is 4. The molecule has 2 nitrogen and oxygen atoms in total. The predicted octanol–water partition coefficient (Wildman–Crippen LogP) is 17.1. The van der Waals surface area contributed by atoms with E-state index in [1.54, 1.807) is 0 Å². The van der Waals surface area contributed by atoms with E-state index in [1.807, 2.05) is 0 Å². The summed E-state index contributed by atoms with van der Waals surface area (Å²) in [6.45, 7) is 8.57. The molecule has 62 heavy (non-hydrogen) atoms. The molecule has 11 rings (SSSR count). The van der Waals surface area contributed by atoms with E-state index in [1.165, 1.54) is 88.3 Å². The average Bonchev–Trinajstić information content (AvgIpc) is 3.64. The number of anilines is 6. The highest BCUT2D eigenvalue weighted by Gasteiger charge is 2.30. The van der Waals surface area contributed by atoms with Crippen molar-refractivity contribution in [3.8, 4) is 44.5 Å². The molecule has 10 aromatic carbocycles. The highest BCUT2D eigenvalue weighted by molar-refractivity contribution is 6.27. The van der Waals surface area contributed by atoms with Crippen LogP contribution in [0, 0.1) is 27.7 Å². The summed E-state index contributed by atoms with van der Waals surface area (Å²) in [5, 5.41) is 5.09. The van der Waals surface area contributed by atoms with Crippen LogP contribution in [-0.4, -0.2) is 0 Å². The lowest BCUT2D eigenvalue weighted by Gasteiger charge is -2.27. The van der Waals surface area contributed by atoms with Crippen LogP contribution < -0.4 is 9.80 Å². The zero-order valence-corrected chi connectivity index (χ0v) is 35.5. The third kappa shape index (κ3) is 6.35. The van der Waals surface area contributed by atoms with Crippen LogP contribution >= 0.6 is 0 Å². The molecule has 0 fully saturated rings. The second-order valence-electron chi connectivity index (χ2n) is 16.9. The Morgan fingerprint density at radius 1 is 0.258 bits per heavy atom. The lowest BCUT2D eigenvalue weighted by atomic mass is 9.82. The van der Waals surface area contributed by atoms with Crippen molar-refractivity contribution in [2.24, 2.45) is 0 Å². The Balaban J connectivity index is 1.10. The van der Waals surface area contributed by atoms with Gasteiger partial charge in [0.1, 0.15) is 0 Å². The van der Waals surface area contributed by atoms with E-state index in [4.69, 9.17) is 0 Å². The maximum absolute atomic E-state index is 2.35. The lowest BCUT2D eigenvalue weighted by molar-refractivity contribution is 1.27. The molecule has 10 aromatic rings. The Morgan fingerprint density at radius 2 is 0.548 bits per heavy atom. The van der Waals surface area contributed by atoms with Crippen molar-refractivity contribution < 1.29 is 0 Å². The molecule has 1 aliphatic carbocycles. The van der Waals surface area contributed by atoms with Crippen LogP contribution in [0.15, 0.2) is 206 Å². The van der Waals surface area contributed by atoms with Gasteiger partial charge in [-0.2, -0.15) is 0 Å². The van der Waals surface area contributed by atoms with E-state index in [2.05, 4.69) is 244 Å². The monoisotopic (exact) mass is 794 g/mol. The normalized spacial score (nSPS) is 11.5. The van der Waals surface area contributed by atoms with Crippen LogP contribution in [0.25, 0.3) is 66.1 Å². The van der Waals surface area contributed by atoms with Gasteiger partial charge >= 0.3 is 0 Å². The van der Waals surface area contributed by atoms with Crippen LogP contribution in [0.4, 0.5) is 34.1 Å². The first-order chi connectivity index (χ1) is 30.4. The van der Waals surface area contributed by atoms with Crippen molar-refractivity contribution in [1.29, 1.82) is 0 Å². The first-order valence-electron chi connectivity index (χ1n) is 21.6. The quantitative estimate of drug-likeness (QED) is 0.151. The summed E-state index contributed by atoms with van der Waals surface area (Å²) in [5.41, 5.74) is 21.9. The molecule has 0 aliphatic heterocycles. The highest BCUT2D eigenvalue weighted by Crippen LogP contribution is 2.58. The van der Waals surface area contributed by atoms with Crippen molar-refractivity contribution in [3.05, 3.63) is 229 Å². The van der Waals surface area contributed by atoms with Crippen LogP contribution in [0.1, 0.15) is 22.3 Å². The Labute approximate surface area is 364 Å². The molecule has 0 saturated carbocycles. The van der Waals surface area contributed by atoms with Crippen molar-refractivity contribution >= 4 is 55.7 Å². The molecule has 2 heteroatoms. The van der Waals surface area contributed by atoms with Gasteiger partial charge < -0.3 is 9.80 Å². The van der Waals surface area contributed by atoms with Crippen molar-refractivity contribution in [3.63, 3.8) is 0 Å². The van der Waals surface area contributed by atoms with Crippen molar-refractivity contribution in [2.75, 3.05) is 9.80 Å². The number of hydrogen-bond acceptors (Lipinski definition) is 2. The molecular weight excluding hydrogens is 749 g/mol. The van der Waals surface area contributed by atoms with Gasteiger partial charge in [0, 0.05) is 34.1 Å². The molecule has 0 amide bonds. The number of hydrogen-bond donors (Lipinski definition) is 0. The average molecular weight is 795 g/mol. The third-order valence-electron chi connectivity index (χ3n) is 12.7. The van der Waals surface area contributed by atoms with E-state index in [0.717, 1.165) is 34.1 Å². The number of benzene rings is 10. The van der Waals surface area contributed by atoms with Crippen LogP contribution in [-0.2, 0) is 0 Å². The Bertz CT molecular complexity index is 2960. The summed E-state index contributed by atoms with van der Waals surface area (Å²) < 4.78 is 0. The molecule has 0 atom stereocenters. The minimum Gasteiger partial charge on any atom is -0.311 e. The summed E-state index contributed by atoms with van der Waals surface area (Å²) >= 11 is 0. The van der Waals surface area contributed by atoms with Gasteiger partial charge in [-0.3, -0.25) is 0 Å².